The first-order chi connectivity index (χ1) is 24.9. The van der Waals surface area contributed by atoms with Gasteiger partial charge in [0.1, 0.15) is 29.9 Å². The second-order valence-corrected chi connectivity index (χ2v) is 14.1. The fraction of sp³-hybridized carbons (Fsp3) is 0.441. The number of aliphatic hydroxyl groups excluding tert-OH is 1. The molecule has 1 fully saturated rings. The van der Waals surface area contributed by atoms with E-state index in [1.807, 2.05) is 12.1 Å². The van der Waals surface area contributed by atoms with Gasteiger partial charge in [0.2, 0.25) is 11.8 Å². The Bertz CT molecular complexity index is 1790. The van der Waals surface area contributed by atoms with E-state index in [1.54, 1.807) is 62.4 Å². The molecule has 2 aromatic heterocycles. The second kappa shape index (κ2) is 16.9. The van der Waals surface area contributed by atoms with Crippen LogP contribution in [-0.2, 0) is 45.7 Å². The zero-order valence-electron chi connectivity index (χ0n) is 29.2. The summed E-state index contributed by atoms with van der Waals surface area (Å²) >= 11 is 0. The molecule has 0 radical (unpaired) electrons. The third kappa shape index (κ3) is 8.93. The number of aliphatic hydroxyl groups is 2. The third-order valence-corrected chi connectivity index (χ3v) is 10.2. The molecular weight excluding hydrogens is 697 g/mol. The van der Waals surface area contributed by atoms with E-state index in [0.717, 1.165) is 11.1 Å². The van der Waals surface area contributed by atoms with Gasteiger partial charge in [-0.15, -0.1) is 0 Å². The molecule has 4 aromatic rings. The summed E-state index contributed by atoms with van der Waals surface area (Å²) in [6.07, 6.45) is -2.74. The number of nitrogens with two attached hydrogens (primary N) is 1. The van der Waals surface area contributed by atoms with Crippen molar-refractivity contribution in [1.29, 1.82) is 0 Å². The van der Waals surface area contributed by atoms with E-state index in [9.17, 15) is 24.4 Å². The van der Waals surface area contributed by atoms with Crippen molar-refractivity contribution in [3.8, 4) is 5.88 Å². The predicted octanol–water partition coefficient (Wildman–Crippen LogP) is 2.08. The normalized spacial score (nSPS) is 22.4. The van der Waals surface area contributed by atoms with Crippen molar-refractivity contribution in [1.82, 2.24) is 29.7 Å². The number of nitrogen functional groups attached to an aromatic ring is 1. The minimum atomic E-state index is -4.46. The van der Waals surface area contributed by atoms with E-state index in [2.05, 4.69) is 25.1 Å². The van der Waals surface area contributed by atoms with E-state index in [-0.39, 0.29) is 49.0 Å². The van der Waals surface area contributed by atoms with Gasteiger partial charge in [-0.25, -0.2) is 15.2 Å². The Morgan fingerprint density at radius 2 is 1.52 bits per heavy atom. The zero-order chi connectivity index (χ0) is 37.5. The Labute approximate surface area is 300 Å². The molecule has 0 aliphatic carbocycles. The number of esters is 2. The van der Waals surface area contributed by atoms with Crippen molar-refractivity contribution in [3.05, 3.63) is 78.1 Å². The molecule has 4 unspecified atom stereocenters. The Morgan fingerprint density at radius 3 is 2.02 bits per heavy atom. The van der Waals surface area contributed by atoms with Crippen LogP contribution in [0, 0.1) is 0 Å². The van der Waals surface area contributed by atoms with Crippen molar-refractivity contribution >= 4 is 36.7 Å². The number of hydrogen-bond donors (Lipinski definition) is 5. The maximum Gasteiger partial charge on any atom is 0.342 e. The van der Waals surface area contributed by atoms with Crippen LogP contribution in [0.25, 0.3) is 11.2 Å². The molecule has 3 heterocycles. The maximum absolute atomic E-state index is 14.9. The number of carbonyl (C=O) groups excluding carboxylic acids is 2. The number of nitrogens with one attached hydrogen (secondary N) is 2. The quantitative estimate of drug-likeness (QED) is 0.0770. The van der Waals surface area contributed by atoms with E-state index >= 15 is 0 Å². The molecule has 2 aromatic carbocycles. The number of ether oxygens (including phenoxy) is 4. The molecule has 0 bridgehead atoms. The van der Waals surface area contributed by atoms with Crippen LogP contribution in [0.15, 0.2) is 67.0 Å². The summed E-state index contributed by atoms with van der Waals surface area (Å²) in [6, 6.07) is 15.6. The number of rotatable bonds is 17. The van der Waals surface area contributed by atoms with Gasteiger partial charge >= 0.3 is 19.6 Å². The molecule has 5 rings (SSSR count). The number of anilines is 1. The molecule has 52 heavy (non-hydrogen) atoms. The van der Waals surface area contributed by atoms with E-state index in [1.165, 1.54) is 24.9 Å². The van der Waals surface area contributed by atoms with Gasteiger partial charge in [0.15, 0.2) is 17.4 Å². The van der Waals surface area contributed by atoms with Gasteiger partial charge in [0, 0.05) is 0 Å². The lowest BCUT2D eigenvalue weighted by atomic mass is 9.96. The molecule has 6 N–H and O–H groups in total. The topological polar surface area (TPSA) is 232 Å². The number of carbonyl (C=O) groups is 2. The summed E-state index contributed by atoms with van der Waals surface area (Å²) in [5.74, 6) is -1.45. The molecule has 1 aliphatic rings. The van der Waals surface area contributed by atoms with Gasteiger partial charge in [-0.3, -0.25) is 18.7 Å². The first-order valence-electron chi connectivity index (χ1n) is 16.7. The highest BCUT2D eigenvalue weighted by Gasteiger charge is 2.54. The fourth-order valence-electron chi connectivity index (χ4n) is 5.85. The first-order valence-corrected chi connectivity index (χ1v) is 18.3. The molecular formula is C34H44N7O10P. The summed E-state index contributed by atoms with van der Waals surface area (Å²) in [4.78, 5) is 39.1. The SMILES string of the molecule is CCOC(=O)[C@H](Cc1ccccc1)NP(=O)(N[C@H](Cc1ccccc1)C(=O)OCC)OC[C@H]1OC(n2cnc3c(OC)nc(N)nc32)C(C)(O)C1O. The van der Waals surface area contributed by atoms with Crippen LogP contribution in [0.5, 0.6) is 5.88 Å². The van der Waals surface area contributed by atoms with Crippen LogP contribution in [0.4, 0.5) is 5.95 Å². The smallest absolute Gasteiger partial charge is 0.342 e. The molecule has 0 saturated carbocycles. The highest BCUT2D eigenvalue weighted by atomic mass is 31.2. The molecule has 7 atom stereocenters. The number of imidazole rings is 1. The molecule has 0 amide bonds. The number of hydrogen-bond acceptors (Lipinski definition) is 14. The van der Waals surface area contributed by atoms with E-state index < -0.39 is 62.3 Å². The minimum absolute atomic E-state index is 0.0494. The summed E-state index contributed by atoms with van der Waals surface area (Å²) in [7, 11) is -3.08. The molecule has 1 aliphatic heterocycles. The average molecular weight is 742 g/mol. The van der Waals surface area contributed by atoms with Gasteiger partial charge in [0.25, 0.3) is 0 Å². The first kappa shape index (κ1) is 38.7. The Morgan fingerprint density at radius 1 is 0.981 bits per heavy atom. The summed E-state index contributed by atoms with van der Waals surface area (Å²) in [6.45, 7) is 4.15. The Kier molecular flexibility index (Phi) is 12.6. The molecule has 1 saturated heterocycles. The van der Waals surface area contributed by atoms with Crippen molar-refractivity contribution in [3.63, 3.8) is 0 Å². The standard InChI is InChI=1S/C34H44N7O10P/c1-5-48-30(43)23(17-21-13-9-7-10-14-21)39-52(46,40-24(31(44)49-6-2)18-22-15-11-8-12-16-22)50-19-25-27(42)34(3,45)32(51-25)41-20-36-26-28(41)37-33(35)38-29(26)47-4/h7-16,20,23-25,27,32,42,45H,5-6,17-19H2,1-4H3,(H2,35,37,38)(H2,39,40,46)/t23-,24+,25-,27?,32?,34?,52?/m1/s1. The molecule has 18 heteroatoms. The lowest BCUT2D eigenvalue weighted by Crippen LogP contribution is -2.47. The van der Waals surface area contributed by atoms with Crippen LogP contribution in [-0.4, -0.2) is 98.5 Å². The fourth-order valence-corrected chi connectivity index (χ4v) is 7.64. The number of fused-ring (bicyclic) bond motifs is 1. The van der Waals surface area contributed by atoms with Crippen molar-refractivity contribution in [2.75, 3.05) is 32.7 Å². The summed E-state index contributed by atoms with van der Waals surface area (Å²) in [5.41, 5.74) is 5.77. The molecule has 17 nitrogen and oxygen atoms in total. The van der Waals surface area contributed by atoms with Crippen molar-refractivity contribution < 1.29 is 47.8 Å². The zero-order valence-corrected chi connectivity index (χ0v) is 30.1. The van der Waals surface area contributed by atoms with Crippen LogP contribution in [0.3, 0.4) is 0 Å². The Balaban J connectivity index is 1.46. The second-order valence-electron chi connectivity index (χ2n) is 12.2. The van der Waals surface area contributed by atoms with Crippen molar-refractivity contribution in [2.24, 2.45) is 0 Å². The minimum Gasteiger partial charge on any atom is -0.479 e. The largest absolute Gasteiger partial charge is 0.479 e. The van der Waals surface area contributed by atoms with Crippen LogP contribution in [0.2, 0.25) is 0 Å². The van der Waals surface area contributed by atoms with Gasteiger partial charge in [-0.2, -0.15) is 9.97 Å². The number of aromatic nitrogens is 4. The Hall–Kier alpha value is -4.48. The van der Waals surface area contributed by atoms with Crippen molar-refractivity contribution in [2.45, 2.75) is 69.7 Å². The summed E-state index contributed by atoms with van der Waals surface area (Å²) in [5, 5.41) is 28.5. The van der Waals surface area contributed by atoms with Gasteiger partial charge in [-0.1, -0.05) is 60.7 Å². The third-order valence-electron chi connectivity index (χ3n) is 8.39. The molecule has 0 spiro atoms. The maximum atomic E-state index is 14.9. The van der Waals surface area contributed by atoms with Crippen LogP contribution >= 0.6 is 7.67 Å². The van der Waals surface area contributed by atoms with Gasteiger partial charge in [-0.05, 0) is 44.7 Å². The van der Waals surface area contributed by atoms with Gasteiger partial charge in [0.05, 0.1) is 33.3 Å². The predicted molar refractivity (Wildman–Crippen MR) is 188 cm³/mol. The highest BCUT2D eigenvalue weighted by Crippen LogP contribution is 2.44. The van der Waals surface area contributed by atoms with E-state index in [4.69, 9.17) is 29.2 Å². The number of benzene rings is 2. The monoisotopic (exact) mass is 741 g/mol. The van der Waals surface area contributed by atoms with E-state index in [0.29, 0.717) is 0 Å². The lowest BCUT2D eigenvalue weighted by Gasteiger charge is -2.30. The highest BCUT2D eigenvalue weighted by molar-refractivity contribution is 7.54. The number of nitrogens with zero attached hydrogens (tertiary/aromatic N) is 4. The van der Waals surface area contributed by atoms with Gasteiger partial charge < -0.3 is 39.4 Å². The summed E-state index contributed by atoms with van der Waals surface area (Å²) < 4.78 is 44.3. The van der Waals surface area contributed by atoms with Crippen LogP contribution < -0.4 is 20.6 Å². The lowest BCUT2D eigenvalue weighted by molar-refractivity contribution is -0.145. The molecule has 280 valence electrons. The number of methoxy groups -OCH3 is 1. The average Bonchev–Trinajstić information content (AvgIpc) is 3.64. The van der Waals surface area contributed by atoms with Crippen LogP contribution in [0.1, 0.15) is 38.1 Å².